The topological polar surface area (TPSA) is 74.5 Å². The summed E-state index contributed by atoms with van der Waals surface area (Å²) in [4.78, 5) is 20.6. The van der Waals surface area contributed by atoms with Crippen LogP contribution in [0.2, 0.25) is 0 Å². The molecule has 0 saturated carbocycles. The van der Waals surface area contributed by atoms with Crippen LogP contribution in [0.1, 0.15) is 18.6 Å². The number of aryl methyl sites for hydroxylation is 1. The predicted molar refractivity (Wildman–Crippen MR) is 88.5 cm³/mol. The van der Waals surface area contributed by atoms with Gasteiger partial charge < -0.3 is 14.7 Å². The number of hydrogen-bond acceptors (Lipinski definition) is 6. The standard InChI is InChI=1S/C13H23N5O2.2ClH/c1-10(8-14-3)13(19)18-6-4-17(5-7-18)9-12-15-11(2)20-16-12;;/h10,14H,4-9H2,1-3H3;2*1H. The first-order valence-electron chi connectivity index (χ1n) is 7.05. The summed E-state index contributed by atoms with van der Waals surface area (Å²) < 4.78 is 4.96. The van der Waals surface area contributed by atoms with Crippen LogP contribution in [0, 0.1) is 12.8 Å². The number of nitrogens with zero attached hydrogens (tertiary/aromatic N) is 4. The number of amides is 1. The van der Waals surface area contributed by atoms with E-state index in [1.807, 2.05) is 18.9 Å². The number of carbonyl (C=O) groups is 1. The summed E-state index contributed by atoms with van der Waals surface area (Å²) in [6, 6.07) is 0. The van der Waals surface area contributed by atoms with Crippen molar-refractivity contribution in [3.63, 3.8) is 0 Å². The summed E-state index contributed by atoms with van der Waals surface area (Å²) in [5.74, 6) is 1.57. The van der Waals surface area contributed by atoms with Gasteiger partial charge in [-0.05, 0) is 7.05 Å². The molecule has 1 aromatic rings. The first-order valence-corrected chi connectivity index (χ1v) is 7.05. The Morgan fingerprint density at radius 2 is 1.95 bits per heavy atom. The summed E-state index contributed by atoms with van der Waals surface area (Å²) in [5.41, 5.74) is 0. The molecule has 1 saturated heterocycles. The van der Waals surface area contributed by atoms with Gasteiger partial charge in [-0.3, -0.25) is 9.69 Å². The summed E-state index contributed by atoms with van der Waals surface area (Å²) in [5, 5.41) is 6.95. The minimum atomic E-state index is 0. The van der Waals surface area contributed by atoms with Crippen molar-refractivity contribution in [2.75, 3.05) is 39.8 Å². The van der Waals surface area contributed by atoms with Crippen LogP contribution in [-0.4, -0.2) is 65.6 Å². The Labute approximate surface area is 143 Å². The summed E-state index contributed by atoms with van der Waals surface area (Å²) in [6.45, 7) is 8.40. The largest absolute Gasteiger partial charge is 0.340 e. The Bertz CT molecular complexity index is 449. The van der Waals surface area contributed by atoms with E-state index in [4.69, 9.17) is 4.52 Å². The second-order valence-corrected chi connectivity index (χ2v) is 5.29. The van der Waals surface area contributed by atoms with Crippen LogP contribution in [0.25, 0.3) is 0 Å². The number of carbonyl (C=O) groups excluding carboxylic acids is 1. The van der Waals surface area contributed by atoms with Gasteiger partial charge in [0.05, 0.1) is 6.54 Å². The van der Waals surface area contributed by atoms with Crippen LogP contribution in [0.4, 0.5) is 0 Å². The van der Waals surface area contributed by atoms with Crippen LogP contribution < -0.4 is 5.32 Å². The molecule has 7 nitrogen and oxygen atoms in total. The van der Waals surface area contributed by atoms with Gasteiger partial charge in [-0.2, -0.15) is 4.98 Å². The Hall–Kier alpha value is -0.890. The second-order valence-electron chi connectivity index (χ2n) is 5.29. The van der Waals surface area contributed by atoms with E-state index >= 15 is 0 Å². The summed E-state index contributed by atoms with van der Waals surface area (Å²) in [6.07, 6.45) is 0. The van der Waals surface area contributed by atoms with Crippen LogP contribution in [0.3, 0.4) is 0 Å². The van der Waals surface area contributed by atoms with Gasteiger partial charge in [0.25, 0.3) is 0 Å². The molecule has 0 aromatic carbocycles. The highest BCUT2D eigenvalue weighted by atomic mass is 35.5. The fraction of sp³-hybridized carbons (Fsp3) is 0.769. The molecule has 1 fully saturated rings. The third-order valence-corrected chi connectivity index (χ3v) is 3.55. The van der Waals surface area contributed by atoms with E-state index in [0.717, 1.165) is 32.7 Å². The first-order chi connectivity index (χ1) is 9.60. The van der Waals surface area contributed by atoms with Gasteiger partial charge in [-0.1, -0.05) is 12.1 Å². The van der Waals surface area contributed by atoms with Gasteiger partial charge >= 0.3 is 0 Å². The average molecular weight is 354 g/mol. The van der Waals surface area contributed by atoms with Gasteiger partial charge in [0.2, 0.25) is 11.8 Å². The normalized spacial score (nSPS) is 16.6. The fourth-order valence-corrected chi connectivity index (χ4v) is 2.44. The zero-order valence-corrected chi connectivity index (χ0v) is 14.9. The summed E-state index contributed by atoms with van der Waals surface area (Å²) >= 11 is 0. The van der Waals surface area contributed by atoms with Crippen molar-refractivity contribution < 1.29 is 9.32 Å². The van der Waals surface area contributed by atoms with Crippen molar-refractivity contribution in [1.29, 1.82) is 0 Å². The van der Waals surface area contributed by atoms with Crippen LogP contribution >= 0.6 is 24.8 Å². The number of hydrogen-bond donors (Lipinski definition) is 1. The van der Waals surface area contributed by atoms with Crippen molar-refractivity contribution in [3.8, 4) is 0 Å². The van der Waals surface area contributed by atoms with Crippen molar-refractivity contribution in [2.24, 2.45) is 5.92 Å². The van der Waals surface area contributed by atoms with E-state index in [2.05, 4.69) is 20.4 Å². The molecule has 0 spiro atoms. The minimum absolute atomic E-state index is 0. The van der Waals surface area contributed by atoms with Crippen molar-refractivity contribution >= 4 is 30.7 Å². The van der Waals surface area contributed by atoms with Gasteiger partial charge in [0.15, 0.2) is 5.82 Å². The lowest BCUT2D eigenvalue weighted by molar-refractivity contribution is -0.136. The molecule has 0 aliphatic carbocycles. The molecule has 1 aliphatic heterocycles. The van der Waals surface area contributed by atoms with Gasteiger partial charge in [-0.15, -0.1) is 24.8 Å². The lowest BCUT2D eigenvalue weighted by Crippen LogP contribution is -2.50. The third kappa shape index (κ3) is 5.72. The number of halogens is 2. The predicted octanol–water partition coefficient (Wildman–Crippen LogP) is 0.721. The quantitative estimate of drug-likeness (QED) is 0.840. The van der Waals surface area contributed by atoms with E-state index in [-0.39, 0.29) is 36.6 Å². The zero-order chi connectivity index (χ0) is 14.5. The maximum Gasteiger partial charge on any atom is 0.226 e. The minimum Gasteiger partial charge on any atom is -0.340 e. The molecule has 2 rings (SSSR count). The highest BCUT2D eigenvalue weighted by Crippen LogP contribution is 2.09. The van der Waals surface area contributed by atoms with E-state index in [1.54, 1.807) is 6.92 Å². The molecule has 1 unspecified atom stereocenters. The van der Waals surface area contributed by atoms with Gasteiger partial charge in [0.1, 0.15) is 0 Å². The van der Waals surface area contributed by atoms with Gasteiger partial charge in [-0.25, -0.2) is 0 Å². The molecule has 1 aliphatic rings. The Morgan fingerprint density at radius 1 is 1.32 bits per heavy atom. The molecule has 0 radical (unpaired) electrons. The second kappa shape index (κ2) is 9.99. The zero-order valence-electron chi connectivity index (χ0n) is 13.2. The average Bonchev–Trinajstić information content (AvgIpc) is 2.84. The lowest BCUT2D eigenvalue weighted by Gasteiger charge is -2.35. The molecule has 128 valence electrons. The molecule has 2 heterocycles. The summed E-state index contributed by atoms with van der Waals surface area (Å²) in [7, 11) is 1.87. The molecule has 1 aromatic heterocycles. The first kappa shape index (κ1) is 21.1. The highest BCUT2D eigenvalue weighted by Gasteiger charge is 2.25. The molecule has 9 heteroatoms. The molecule has 1 amide bonds. The van der Waals surface area contributed by atoms with E-state index < -0.39 is 0 Å². The fourth-order valence-electron chi connectivity index (χ4n) is 2.44. The molecule has 1 N–H and O–H groups in total. The SMILES string of the molecule is CNCC(C)C(=O)N1CCN(Cc2noc(C)n2)CC1.Cl.Cl. The molecule has 1 atom stereocenters. The molecule has 0 bridgehead atoms. The smallest absolute Gasteiger partial charge is 0.226 e. The molecular weight excluding hydrogens is 329 g/mol. The van der Waals surface area contributed by atoms with E-state index in [9.17, 15) is 4.79 Å². The van der Waals surface area contributed by atoms with E-state index in [0.29, 0.717) is 18.3 Å². The van der Waals surface area contributed by atoms with E-state index in [1.165, 1.54) is 0 Å². The molecule has 22 heavy (non-hydrogen) atoms. The number of aromatic nitrogens is 2. The maximum atomic E-state index is 12.2. The number of rotatable bonds is 5. The lowest BCUT2D eigenvalue weighted by atomic mass is 10.1. The van der Waals surface area contributed by atoms with Crippen molar-refractivity contribution in [1.82, 2.24) is 25.3 Å². The third-order valence-electron chi connectivity index (χ3n) is 3.55. The molecular formula is C13H25Cl2N5O2. The Kier molecular flexibility index (Phi) is 9.59. The van der Waals surface area contributed by atoms with Gasteiger partial charge in [0, 0.05) is 45.6 Å². The maximum absolute atomic E-state index is 12.2. The van der Waals surface area contributed by atoms with Crippen LogP contribution in [0.5, 0.6) is 0 Å². The highest BCUT2D eigenvalue weighted by molar-refractivity contribution is 5.85. The Balaban J connectivity index is 0.00000220. The monoisotopic (exact) mass is 353 g/mol. The van der Waals surface area contributed by atoms with Crippen molar-refractivity contribution in [2.45, 2.75) is 20.4 Å². The van der Waals surface area contributed by atoms with Crippen molar-refractivity contribution in [3.05, 3.63) is 11.7 Å². The van der Waals surface area contributed by atoms with Crippen LogP contribution in [-0.2, 0) is 11.3 Å². The number of nitrogens with one attached hydrogen (secondary N) is 1. The number of piperazine rings is 1. The van der Waals surface area contributed by atoms with Crippen LogP contribution in [0.15, 0.2) is 4.52 Å². The Morgan fingerprint density at radius 3 is 2.45 bits per heavy atom.